The average molecular weight is 356 g/mol. The topological polar surface area (TPSA) is 74.3 Å². The Morgan fingerprint density at radius 2 is 1.73 bits per heavy atom. The number of carbonyl (C=O) groups is 2. The Morgan fingerprint density at radius 1 is 1.08 bits per heavy atom. The lowest BCUT2D eigenvalue weighted by Crippen LogP contribution is -2.49. The maximum Gasteiger partial charge on any atom is 0.315 e. The summed E-state index contributed by atoms with van der Waals surface area (Å²) in [5.74, 6) is -0.308. The van der Waals surface area contributed by atoms with Crippen LogP contribution >= 0.6 is 0 Å². The number of nitrogens with zero attached hydrogens (tertiary/aromatic N) is 2. The van der Waals surface area contributed by atoms with Crippen LogP contribution in [-0.2, 0) is 6.54 Å². The highest BCUT2D eigenvalue weighted by atomic mass is 19.1. The maximum absolute atomic E-state index is 12.9. The van der Waals surface area contributed by atoms with Gasteiger partial charge in [-0.2, -0.15) is 0 Å². The van der Waals surface area contributed by atoms with Gasteiger partial charge in [-0.15, -0.1) is 0 Å². The Bertz CT molecular complexity index is 744. The number of pyridine rings is 1. The summed E-state index contributed by atoms with van der Waals surface area (Å²) < 4.78 is 12.9. The molecule has 2 heterocycles. The molecule has 136 valence electrons. The van der Waals surface area contributed by atoms with Gasteiger partial charge in [0.1, 0.15) is 5.82 Å². The van der Waals surface area contributed by atoms with E-state index in [9.17, 15) is 14.0 Å². The summed E-state index contributed by atoms with van der Waals surface area (Å²) in [4.78, 5) is 30.1. The number of urea groups is 1. The van der Waals surface area contributed by atoms with Crippen LogP contribution < -0.4 is 10.6 Å². The van der Waals surface area contributed by atoms with E-state index < -0.39 is 0 Å². The molecule has 3 amide bonds. The van der Waals surface area contributed by atoms with Crippen molar-refractivity contribution in [2.75, 3.05) is 13.1 Å². The summed E-state index contributed by atoms with van der Waals surface area (Å²) in [7, 11) is 0. The summed E-state index contributed by atoms with van der Waals surface area (Å²) in [6.07, 6.45) is 4.63. The molecular formula is C19H21FN4O2. The molecule has 0 radical (unpaired) electrons. The van der Waals surface area contributed by atoms with Crippen LogP contribution in [-0.4, -0.2) is 41.0 Å². The Labute approximate surface area is 151 Å². The molecular weight excluding hydrogens is 335 g/mol. The predicted molar refractivity (Wildman–Crippen MR) is 94.9 cm³/mol. The number of likely N-dealkylation sites (tertiary alicyclic amines) is 1. The SMILES string of the molecule is O=C(NCc1ccc(F)cc1)NC1CCN(C(=O)c2ccncc2)CC1. The van der Waals surface area contributed by atoms with E-state index in [1.54, 1.807) is 41.6 Å². The van der Waals surface area contributed by atoms with Gasteiger partial charge in [-0.1, -0.05) is 12.1 Å². The van der Waals surface area contributed by atoms with E-state index in [-0.39, 0.29) is 23.8 Å². The van der Waals surface area contributed by atoms with Crippen molar-refractivity contribution in [3.05, 3.63) is 65.7 Å². The van der Waals surface area contributed by atoms with Crippen molar-refractivity contribution in [3.63, 3.8) is 0 Å². The molecule has 3 rings (SSSR count). The molecule has 6 nitrogen and oxygen atoms in total. The maximum atomic E-state index is 12.9. The summed E-state index contributed by atoms with van der Waals surface area (Å²) in [6, 6.07) is 9.19. The number of hydrogen-bond acceptors (Lipinski definition) is 3. The Hall–Kier alpha value is -2.96. The van der Waals surface area contributed by atoms with E-state index in [2.05, 4.69) is 15.6 Å². The summed E-state index contributed by atoms with van der Waals surface area (Å²) in [5.41, 5.74) is 1.46. The number of aromatic nitrogens is 1. The molecule has 1 aliphatic rings. The first-order valence-electron chi connectivity index (χ1n) is 8.60. The molecule has 1 saturated heterocycles. The lowest BCUT2D eigenvalue weighted by atomic mass is 10.0. The molecule has 0 aliphatic carbocycles. The third-order valence-electron chi connectivity index (χ3n) is 4.41. The van der Waals surface area contributed by atoms with Gasteiger partial charge in [0, 0.05) is 43.6 Å². The van der Waals surface area contributed by atoms with Gasteiger partial charge in [0.25, 0.3) is 5.91 Å². The Balaban J connectivity index is 1.41. The van der Waals surface area contributed by atoms with Crippen molar-refractivity contribution in [2.45, 2.75) is 25.4 Å². The minimum atomic E-state index is -0.300. The molecule has 1 aliphatic heterocycles. The smallest absolute Gasteiger partial charge is 0.315 e. The van der Waals surface area contributed by atoms with Crippen LogP contribution in [0.2, 0.25) is 0 Å². The molecule has 1 aromatic heterocycles. The lowest BCUT2D eigenvalue weighted by molar-refractivity contribution is 0.0708. The molecule has 0 unspecified atom stereocenters. The third kappa shape index (κ3) is 4.78. The fourth-order valence-electron chi connectivity index (χ4n) is 2.93. The molecule has 0 spiro atoms. The van der Waals surface area contributed by atoms with Crippen molar-refractivity contribution in [1.82, 2.24) is 20.5 Å². The van der Waals surface area contributed by atoms with Crippen LogP contribution in [0.5, 0.6) is 0 Å². The molecule has 2 aromatic rings. The highest BCUT2D eigenvalue weighted by molar-refractivity contribution is 5.94. The molecule has 0 saturated carbocycles. The quantitative estimate of drug-likeness (QED) is 0.883. The van der Waals surface area contributed by atoms with Gasteiger partial charge in [-0.3, -0.25) is 9.78 Å². The molecule has 2 N–H and O–H groups in total. The van der Waals surface area contributed by atoms with E-state index >= 15 is 0 Å². The van der Waals surface area contributed by atoms with Crippen molar-refractivity contribution in [1.29, 1.82) is 0 Å². The standard InChI is InChI=1S/C19H21FN4O2/c20-16-3-1-14(2-4-16)13-22-19(26)23-17-7-11-24(12-8-17)18(25)15-5-9-21-10-6-15/h1-6,9-10,17H,7-8,11-13H2,(H2,22,23,26). The number of halogens is 1. The van der Waals surface area contributed by atoms with Gasteiger partial charge < -0.3 is 15.5 Å². The van der Waals surface area contributed by atoms with Crippen molar-refractivity contribution >= 4 is 11.9 Å². The zero-order chi connectivity index (χ0) is 18.4. The van der Waals surface area contributed by atoms with Gasteiger partial charge in [-0.05, 0) is 42.7 Å². The van der Waals surface area contributed by atoms with Crippen LogP contribution in [0, 0.1) is 5.82 Å². The summed E-state index contributed by atoms with van der Waals surface area (Å²) in [5, 5.41) is 5.69. The molecule has 26 heavy (non-hydrogen) atoms. The fourth-order valence-corrected chi connectivity index (χ4v) is 2.93. The minimum absolute atomic E-state index is 0.00777. The Morgan fingerprint density at radius 3 is 2.38 bits per heavy atom. The van der Waals surface area contributed by atoms with Crippen LogP contribution in [0.3, 0.4) is 0 Å². The third-order valence-corrected chi connectivity index (χ3v) is 4.41. The normalized spacial score (nSPS) is 14.7. The summed E-state index contributed by atoms with van der Waals surface area (Å²) >= 11 is 0. The van der Waals surface area contributed by atoms with Crippen LogP contribution in [0.25, 0.3) is 0 Å². The average Bonchev–Trinajstić information content (AvgIpc) is 2.68. The number of nitrogens with one attached hydrogen (secondary N) is 2. The second kappa shape index (κ2) is 8.42. The zero-order valence-electron chi connectivity index (χ0n) is 14.3. The fraction of sp³-hybridized carbons (Fsp3) is 0.316. The number of amides is 3. The zero-order valence-corrected chi connectivity index (χ0v) is 14.3. The van der Waals surface area contributed by atoms with E-state index in [0.717, 1.165) is 5.56 Å². The first-order valence-corrected chi connectivity index (χ1v) is 8.60. The number of piperidine rings is 1. The van der Waals surface area contributed by atoms with Crippen LogP contribution in [0.15, 0.2) is 48.8 Å². The highest BCUT2D eigenvalue weighted by Crippen LogP contribution is 2.13. The van der Waals surface area contributed by atoms with E-state index in [1.165, 1.54) is 12.1 Å². The van der Waals surface area contributed by atoms with Gasteiger partial charge in [-0.25, -0.2) is 9.18 Å². The summed E-state index contributed by atoms with van der Waals surface area (Å²) in [6.45, 7) is 1.54. The lowest BCUT2D eigenvalue weighted by Gasteiger charge is -2.32. The Kier molecular flexibility index (Phi) is 5.78. The van der Waals surface area contributed by atoms with E-state index in [0.29, 0.717) is 38.0 Å². The van der Waals surface area contributed by atoms with Crippen molar-refractivity contribution in [2.24, 2.45) is 0 Å². The number of hydrogen-bond donors (Lipinski definition) is 2. The second-order valence-corrected chi connectivity index (χ2v) is 6.26. The predicted octanol–water partition coefficient (Wildman–Crippen LogP) is 2.32. The van der Waals surface area contributed by atoms with Gasteiger partial charge in [0.2, 0.25) is 0 Å². The largest absolute Gasteiger partial charge is 0.338 e. The number of benzene rings is 1. The number of rotatable bonds is 4. The van der Waals surface area contributed by atoms with Gasteiger partial charge >= 0.3 is 6.03 Å². The van der Waals surface area contributed by atoms with Crippen molar-refractivity contribution < 1.29 is 14.0 Å². The second-order valence-electron chi connectivity index (χ2n) is 6.26. The van der Waals surface area contributed by atoms with E-state index in [1.807, 2.05) is 0 Å². The highest BCUT2D eigenvalue weighted by Gasteiger charge is 2.24. The van der Waals surface area contributed by atoms with Crippen LogP contribution in [0.1, 0.15) is 28.8 Å². The molecule has 7 heteroatoms. The first-order chi connectivity index (χ1) is 12.6. The van der Waals surface area contributed by atoms with Gasteiger partial charge in [0.15, 0.2) is 0 Å². The monoisotopic (exact) mass is 356 g/mol. The molecule has 0 bridgehead atoms. The molecule has 1 aromatic carbocycles. The molecule has 1 fully saturated rings. The van der Waals surface area contributed by atoms with Crippen molar-refractivity contribution in [3.8, 4) is 0 Å². The minimum Gasteiger partial charge on any atom is -0.338 e. The van der Waals surface area contributed by atoms with Gasteiger partial charge in [0.05, 0.1) is 0 Å². The molecule has 0 atom stereocenters. The number of carbonyl (C=O) groups excluding carboxylic acids is 2. The first kappa shape index (κ1) is 17.8. The van der Waals surface area contributed by atoms with E-state index in [4.69, 9.17) is 0 Å². The van der Waals surface area contributed by atoms with Crippen LogP contribution in [0.4, 0.5) is 9.18 Å².